The Morgan fingerprint density at radius 3 is 2.77 bits per heavy atom. The van der Waals surface area contributed by atoms with E-state index in [1.165, 1.54) is 11.3 Å². The van der Waals surface area contributed by atoms with E-state index in [-0.39, 0.29) is 5.56 Å². The number of halogens is 1. The fourth-order valence-corrected chi connectivity index (χ4v) is 3.51. The monoisotopic (exact) mass is 369 g/mol. The second kappa shape index (κ2) is 7.35. The van der Waals surface area contributed by atoms with Crippen LogP contribution in [-0.2, 0) is 6.54 Å². The molecule has 0 atom stereocenters. The van der Waals surface area contributed by atoms with Crippen LogP contribution in [0.1, 0.15) is 5.56 Å². The molecule has 2 aromatic carbocycles. The Labute approximate surface area is 156 Å². The van der Waals surface area contributed by atoms with Crippen LogP contribution in [0.4, 0.5) is 11.4 Å². The number of nitrogens with one attached hydrogen (secondary N) is 3. The van der Waals surface area contributed by atoms with Crippen LogP contribution in [0.15, 0.2) is 47.3 Å². The van der Waals surface area contributed by atoms with E-state index in [1.54, 1.807) is 6.07 Å². The van der Waals surface area contributed by atoms with E-state index in [9.17, 15) is 4.79 Å². The summed E-state index contributed by atoms with van der Waals surface area (Å²) >= 11 is 6.12. The van der Waals surface area contributed by atoms with Gasteiger partial charge in [0.2, 0.25) is 0 Å². The minimum atomic E-state index is -0.236. The lowest BCUT2D eigenvalue weighted by Gasteiger charge is -2.31. The molecule has 0 radical (unpaired) electrons. The van der Waals surface area contributed by atoms with Gasteiger partial charge in [-0.3, -0.25) is 4.79 Å². The maximum atomic E-state index is 11.8. The molecule has 1 aliphatic rings. The molecule has 0 amide bonds. The van der Waals surface area contributed by atoms with Gasteiger partial charge in [0.1, 0.15) is 0 Å². The highest BCUT2D eigenvalue weighted by atomic mass is 35.5. The van der Waals surface area contributed by atoms with Crippen LogP contribution < -0.4 is 21.1 Å². The van der Waals surface area contributed by atoms with Crippen LogP contribution in [0.3, 0.4) is 0 Å². The molecule has 0 spiro atoms. The molecule has 26 heavy (non-hydrogen) atoms. The lowest BCUT2D eigenvalue weighted by atomic mass is 10.1. The average Bonchev–Trinajstić information content (AvgIpc) is 2.70. The summed E-state index contributed by atoms with van der Waals surface area (Å²) < 4.78 is 0. The Bertz CT molecular complexity index is 981. The zero-order valence-electron chi connectivity index (χ0n) is 14.3. The van der Waals surface area contributed by atoms with Crippen molar-refractivity contribution in [3.05, 3.63) is 63.5 Å². The molecule has 1 fully saturated rings. The number of aromatic amines is 1. The van der Waals surface area contributed by atoms with E-state index in [2.05, 4.69) is 50.0 Å². The standard InChI is InChI=1S/C19H20ClN5O/c20-18-16-11-14(5-6-15(16)19(26)24-23-18)22-12-13-3-1-2-4-17(13)25-9-7-21-8-10-25/h1-6,11,21-22H,7-10,12H2,(H,24,26). The molecule has 6 nitrogen and oxygen atoms in total. The van der Waals surface area contributed by atoms with Crippen molar-refractivity contribution in [3.63, 3.8) is 0 Å². The summed E-state index contributed by atoms with van der Waals surface area (Å²) in [5.74, 6) is 0. The van der Waals surface area contributed by atoms with Gasteiger partial charge in [-0.25, -0.2) is 5.10 Å². The maximum absolute atomic E-state index is 11.8. The molecular formula is C19H20ClN5O. The highest BCUT2D eigenvalue weighted by Gasteiger charge is 2.13. The van der Waals surface area contributed by atoms with E-state index in [0.29, 0.717) is 22.5 Å². The molecule has 4 rings (SSSR count). The van der Waals surface area contributed by atoms with Crippen molar-refractivity contribution in [2.45, 2.75) is 6.54 Å². The lowest BCUT2D eigenvalue weighted by molar-refractivity contribution is 0.588. The predicted molar refractivity (Wildman–Crippen MR) is 106 cm³/mol. The zero-order chi connectivity index (χ0) is 17.9. The molecule has 1 saturated heterocycles. The third kappa shape index (κ3) is 3.38. The SMILES string of the molecule is O=c1[nH]nc(Cl)c2cc(NCc3ccccc3N3CCNCC3)ccc12. The number of nitrogens with zero attached hydrogens (tertiary/aromatic N) is 2. The van der Waals surface area contributed by atoms with Gasteiger partial charge < -0.3 is 15.5 Å². The number of piperazine rings is 1. The fourth-order valence-electron chi connectivity index (χ4n) is 3.32. The molecular weight excluding hydrogens is 350 g/mol. The zero-order valence-corrected chi connectivity index (χ0v) is 15.0. The molecule has 0 aliphatic carbocycles. The highest BCUT2D eigenvalue weighted by molar-refractivity contribution is 6.34. The van der Waals surface area contributed by atoms with Crippen molar-refractivity contribution in [3.8, 4) is 0 Å². The number of rotatable bonds is 4. The number of H-pyrrole nitrogens is 1. The van der Waals surface area contributed by atoms with Gasteiger partial charge in [-0.1, -0.05) is 29.8 Å². The highest BCUT2D eigenvalue weighted by Crippen LogP contribution is 2.24. The molecule has 7 heteroatoms. The first kappa shape index (κ1) is 16.9. The Balaban J connectivity index is 1.57. The number of hydrogen-bond donors (Lipinski definition) is 3. The van der Waals surface area contributed by atoms with Crippen LogP contribution in [0.5, 0.6) is 0 Å². The van der Waals surface area contributed by atoms with Crippen LogP contribution in [0.2, 0.25) is 5.15 Å². The summed E-state index contributed by atoms with van der Waals surface area (Å²) in [4.78, 5) is 14.2. The Morgan fingerprint density at radius 1 is 1.12 bits per heavy atom. The second-order valence-corrected chi connectivity index (χ2v) is 6.68. The first-order valence-corrected chi connectivity index (χ1v) is 9.05. The van der Waals surface area contributed by atoms with Crippen LogP contribution >= 0.6 is 11.6 Å². The Kier molecular flexibility index (Phi) is 4.77. The minimum Gasteiger partial charge on any atom is -0.381 e. The van der Waals surface area contributed by atoms with E-state index in [4.69, 9.17) is 11.6 Å². The smallest absolute Gasteiger partial charge is 0.272 e. The van der Waals surface area contributed by atoms with Gasteiger partial charge in [-0.05, 0) is 29.8 Å². The van der Waals surface area contributed by atoms with Gasteiger partial charge in [0.15, 0.2) is 5.15 Å². The van der Waals surface area contributed by atoms with Crippen LogP contribution in [0, 0.1) is 0 Å². The second-order valence-electron chi connectivity index (χ2n) is 6.32. The third-order valence-corrected chi connectivity index (χ3v) is 4.96. The molecule has 1 aliphatic heterocycles. The Hall–Kier alpha value is -2.57. The van der Waals surface area contributed by atoms with Crippen molar-refractivity contribution in [1.82, 2.24) is 15.5 Å². The lowest BCUT2D eigenvalue weighted by Crippen LogP contribution is -2.43. The number of fused-ring (bicyclic) bond motifs is 1. The first-order valence-electron chi connectivity index (χ1n) is 8.68. The van der Waals surface area contributed by atoms with Crippen LogP contribution in [0.25, 0.3) is 10.8 Å². The summed E-state index contributed by atoms with van der Waals surface area (Å²) in [6, 6.07) is 14.0. The van der Waals surface area contributed by atoms with Gasteiger partial charge in [-0.2, -0.15) is 5.10 Å². The summed E-state index contributed by atoms with van der Waals surface area (Å²) in [6.07, 6.45) is 0. The van der Waals surface area contributed by atoms with Gasteiger partial charge in [0, 0.05) is 49.5 Å². The fraction of sp³-hybridized carbons (Fsp3) is 0.263. The molecule has 3 N–H and O–H groups in total. The summed E-state index contributed by atoms with van der Waals surface area (Å²) in [5, 5.41) is 14.5. The number of hydrogen-bond acceptors (Lipinski definition) is 5. The largest absolute Gasteiger partial charge is 0.381 e. The molecule has 0 saturated carbocycles. The van der Waals surface area contributed by atoms with Crippen molar-refractivity contribution >= 4 is 33.7 Å². The van der Waals surface area contributed by atoms with Gasteiger partial charge in [-0.15, -0.1) is 0 Å². The van der Waals surface area contributed by atoms with E-state index in [0.717, 1.165) is 31.9 Å². The van der Waals surface area contributed by atoms with Crippen LogP contribution in [-0.4, -0.2) is 36.4 Å². The van der Waals surface area contributed by atoms with Crippen molar-refractivity contribution in [2.75, 3.05) is 36.4 Å². The maximum Gasteiger partial charge on any atom is 0.272 e. The molecule has 2 heterocycles. The molecule has 0 bridgehead atoms. The van der Waals surface area contributed by atoms with Gasteiger partial charge in [0.05, 0.1) is 5.39 Å². The normalized spacial score (nSPS) is 14.6. The average molecular weight is 370 g/mol. The van der Waals surface area contributed by atoms with E-state index < -0.39 is 0 Å². The number of aromatic nitrogens is 2. The van der Waals surface area contributed by atoms with Gasteiger partial charge >= 0.3 is 0 Å². The quantitative estimate of drug-likeness (QED) is 0.659. The summed E-state index contributed by atoms with van der Waals surface area (Å²) in [6.45, 7) is 4.73. The molecule has 0 unspecified atom stereocenters. The number of anilines is 2. The number of para-hydroxylation sites is 1. The van der Waals surface area contributed by atoms with Crippen molar-refractivity contribution < 1.29 is 0 Å². The number of benzene rings is 2. The minimum absolute atomic E-state index is 0.236. The molecule has 3 aromatic rings. The van der Waals surface area contributed by atoms with E-state index in [1.807, 2.05) is 12.1 Å². The summed E-state index contributed by atoms with van der Waals surface area (Å²) in [5.41, 5.74) is 3.17. The third-order valence-electron chi connectivity index (χ3n) is 4.67. The predicted octanol–water partition coefficient (Wildman–Crippen LogP) is 2.60. The Morgan fingerprint density at radius 2 is 1.92 bits per heavy atom. The van der Waals surface area contributed by atoms with Crippen molar-refractivity contribution in [2.24, 2.45) is 0 Å². The van der Waals surface area contributed by atoms with E-state index >= 15 is 0 Å². The topological polar surface area (TPSA) is 73.0 Å². The summed E-state index contributed by atoms with van der Waals surface area (Å²) in [7, 11) is 0. The van der Waals surface area contributed by atoms with Gasteiger partial charge in [0.25, 0.3) is 5.56 Å². The molecule has 134 valence electrons. The molecule has 1 aromatic heterocycles. The van der Waals surface area contributed by atoms with Crippen molar-refractivity contribution in [1.29, 1.82) is 0 Å². The first-order chi connectivity index (χ1) is 12.7.